The van der Waals surface area contributed by atoms with Gasteiger partial charge in [-0.1, -0.05) is 6.92 Å². The van der Waals surface area contributed by atoms with Crippen LogP contribution in [-0.4, -0.2) is 59.8 Å². The molecule has 0 unspecified atom stereocenters. The lowest BCUT2D eigenvalue weighted by Gasteiger charge is -2.42. The van der Waals surface area contributed by atoms with Crippen molar-refractivity contribution >= 4 is 34.3 Å². The number of urea groups is 1. The number of thiophene rings is 1. The first-order chi connectivity index (χ1) is 11.9. The molecule has 0 radical (unpaired) electrons. The number of aliphatic carboxylic acids is 1. The van der Waals surface area contributed by atoms with E-state index in [2.05, 4.69) is 10.6 Å². The minimum absolute atomic E-state index is 0.00106. The molecule has 3 N–H and O–H groups in total. The van der Waals surface area contributed by atoms with Crippen LogP contribution < -0.4 is 10.6 Å². The summed E-state index contributed by atoms with van der Waals surface area (Å²) in [5.41, 5.74) is 0.340. The number of carbonyl (C=O) groups excluding carboxylic acids is 2. The highest BCUT2D eigenvalue weighted by molar-refractivity contribution is 7.14. The number of ether oxygens (including phenoxy) is 1. The molecule has 1 aromatic rings. The van der Waals surface area contributed by atoms with E-state index < -0.39 is 11.9 Å². The van der Waals surface area contributed by atoms with Crippen molar-refractivity contribution < 1.29 is 24.2 Å². The Labute approximate surface area is 150 Å². The second-order valence-electron chi connectivity index (χ2n) is 5.76. The molecule has 0 saturated heterocycles. The second-order valence-corrected chi connectivity index (χ2v) is 6.68. The zero-order valence-corrected chi connectivity index (χ0v) is 15.1. The van der Waals surface area contributed by atoms with E-state index in [1.165, 1.54) is 11.3 Å². The minimum Gasteiger partial charge on any atom is -0.480 e. The normalized spacial score (nSPS) is 19.2. The Hall–Kier alpha value is -2.13. The minimum atomic E-state index is -0.847. The number of rotatable bonds is 8. The Morgan fingerprint density at radius 1 is 1.36 bits per heavy atom. The van der Waals surface area contributed by atoms with E-state index in [-0.39, 0.29) is 31.3 Å². The molecule has 25 heavy (non-hydrogen) atoms. The van der Waals surface area contributed by atoms with Crippen LogP contribution in [0.2, 0.25) is 0 Å². The summed E-state index contributed by atoms with van der Waals surface area (Å²) in [6, 6.07) is 1.41. The first-order valence-corrected chi connectivity index (χ1v) is 9.10. The Bertz CT molecular complexity index is 627. The lowest BCUT2D eigenvalue weighted by atomic mass is 9.85. The van der Waals surface area contributed by atoms with E-state index in [9.17, 15) is 14.4 Å². The molecule has 0 aromatic carbocycles. The molecule has 1 fully saturated rings. The van der Waals surface area contributed by atoms with Crippen LogP contribution >= 0.6 is 11.3 Å². The number of carboxylic acid groups (broad SMARTS) is 1. The maximum atomic E-state index is 12.1. The predicted molar refractivity (Wildman–Crippen MR) is 94.1 cm³/mol. The largest absolute Gasteiger partial charge is 0.480 e. The summed E-state index contributed by atoms with van der Waals surface area (Å²) in [4.78, 5) is 36.6. The van der Waals surface area contributed by atoms with Crippen molar-refractivity contribution in [2.24, 2.45) is 0 Å². The number of carbonyl (C=O) groups is 3. The average Bonchev–Trinajstić information content (AvgIpc) is 2.96. The van der Waals surface area contributed by atoms with Gasteiger partial charge >= 0.3 is 18.0 Å². The fraction of sp³-hybridized carbons (Fsp3) is 0.562. The Morgan fingerprint density at radius 2 is 2.08 bits per heavy atom. The van der Waals surface area contributed by atoms with E-state index in [4.69, 9.17) is 9.84 Å². The van der Waals surface area contributed by atoms with Gasteiger partial charge in [-0.05, 0) is 37.8 Å². The van der Waals surface area contributed by atoms with Gasteiger partial charge in [0.2, 0.25) is 0 Å². The molecular weight excluding hydrogens is 346 g/mol. The molecule has 0 bridgehead atoms. The summed E-state index contributed by atoms with van der Waals surface area (Å²) < 4.78 is 4.95. The van der Waals surface area contributed by atoms with Crippen LogP contribution in [0.1, 0.15) is 37.0 Å². The summed E-state index contributed by atoms with van der Waals surface area (Å²) in [7, 11) is 0. The van der Waals surface area contributed by atoms with Gasteiger partial charge in [0, 0.05) is 12.1 Å². The first-order valence-electron chi connectivity index (χ1n) is 8.22. The van der Waals surface area contributed by atoms with Crippen molar-refractivity contribution in [2.45, 2.75) is 38.8 Å². The van der Waals surface area contributed by atoms with Gasteiger partial charge in [-0.3, -0.25) is 15.0 Å². The second kappa shape index (κ2) is 8.82. The van der Waals surface area contributed by atoms with Gasteiger partial charge in [0.25, 0.3) is 0 Å². The Kier molecular flexibility index (Phi) is 6.77. The van der Waals surface area contributed by atoms with Crippen LogP contribution in [0, 0.1) is 0 Å². The smallest absolute Gasteiger partial charge is 0.341 e. The molecule has 2 amide bonds. The highest BCUT2D eigenvalue weighted by Gasteiger charge is 2.34. The molecule has 1 aliphatic carbocycles. The Balaban J connectivity index is 1.80. The summed E-state index contributed by atoms with van der Waals surface area (Å²) >= 11 is 1.25. The summed E-state index contributed by atoms with van der Waals surface area (Å²) in [5, 5.41) is 16.6. The van der Waals surface area contributed by atoms with E-state index in [0.29, 0.717) is 30.0 Å². The SMILES string of the molecule is CCOC(=O)c1ccsc1NC(=O)NC1CC(N(CC)CC(=O)O)C1. The van der Waals surface area contributed by atoms with Gasteiger partial charge in [-0.2, -0.15) is 0 Å². The maximum Gasteiger partial charge on any atom is 0.341 e. The zero-order valence-electron chi connectivity index (χ0n) is 14.3. The summed E-state index contributed by atoms with van der Waals surface area (Å²) in [5.74, 6) is -1.31. The number of anilines is 1. The number of hydrogen-bond donors (Lipinski definition) is 3. The quantitative estimate of drug-likeness (QED) is 0.605. The molecule has 8 nitrogen and oxygen atoms in total. The molecule has 1 saturated carbocycles. The van der Waals surface area contributed by atoms with Crippen molar-refractivity contribution in [3.8, 4) is 0 Å². The van der Waals surface area contributed by atoms with Crippen LogP contribution in [0.3, 0.4) is 0 Å². The topological polar surface area (TPSA) is 108 Å². The fourth-order valence-corrected chi connectivity index (χ4v) is 3.55. The number of amides is 2. The van der Waals surface area contributed by atoms with Crippen LogP contribution in [0.15, 0.2) is 11.4 Å². The molecule has 0 spiro atoms. The number of nitrogens with one attached hydrogen (secondary N) is 2. The van der Waals surface area contributed by atoms with Crippen molar-refractivity contribution in [3.05, 3.63) is 17.0 Å². The average molecular weight is 369 g/mol. The number of hydrogen-bond acceptors (Lipinski definition) is 6. The molecule has 2 rings (SSSR count). The first kappa shape index (κ1) is 19.2. The van der Waals surface area contributed by atoms with E-state index in [0.717, 1.165) is 0 Å². The van der Waals surface area contributed by atoms with Crippen molar-refractivity contribution in [1.82, 2.24) is 10.2 Å². The van der Waals surface area contributed by atoms with E-state index in [1.54, 1.807) is 18.4 Å². The fourth-order valence-electron chi connectivity index (χ4n) is 2.78. The lowest BCUT2D eigenvalue weighted by molar-refractivity contribution is -0.139. The summed E-state index contributed by atoms with van der Waals surface area (Å²) in [6.45, 7) is 4.59. The molecule has 1 heterocycles. The molecule has 9 heteroatoms. The Morgan fingerprint density at radius 3 is 2.68 bits per heavy atom. The molecular formula is C16H23N3O5S. The maximum absolute atomic E-state index is 12.1. The number of carboxylic acids is 1. The molecule has 1 aliphatic rings. The third-order valence-corrected chi connectivity index (χ3v) is 4.93. The van der Waals surface area contributed by atoms with Gasteiger partial charge in [0.05, 0.1) is 18.7 Å². The lowest BCUT2D eigenvalue weighted by Crippen LogP contribution is -2.55. The summed E-state index contributed by atoms with van der Waals surface area (Å²) in [6.07, 6.45) is 1.42. The standard InChI is InChI=1S/C16H23N3O5S/c1-3-19(9-13(20)21)11-7-10(8-11)17-16(23)18-14-12(5-6-25-14)15(22)24-4-2/h5-6,10-11H,3-4,7-9H2,1-2H3,(H,20,21)(H2,17,18,23). The van der Waals surface area contributed by atoms with Crippen LogP contribution in [0.25, 0.3) is 0 Å². The van der Waals surface area contributed by atoms with Gasteiger partial charge in [0.15, 0.2) is 0 Å². The highest BCUT2D eigenvalue weighted by Crippen LogP contribution is 2.27. The molecule has 0 aliphatic heterocycles. The molecule has 138 valence electrons. The predicted octanol–water partition coefficient (Wildman–Crippen LogP) is 1.98. The van der Waals surface area contributed by atoms with E-state index >= 15 is 0 Å². The van der Waals surface area contributed by atoms with Gasteiger partial charge in [-0.15, -0.1) is 11.3 Å². The third-order valence-electron chi connectivity index (χ3n) is 4.10. The van der Waals surface area contributed by atoms with Gasteiger partial charge in [-0.25, -0.2) is 9.59 Å². The van der Waals surface area contributed by atoms with Gasteiger partial charge < -0.3 is 15.2 Å². The van der Waals surface area contributed by atoms with Crippen molar-refractivity contribution in [1.29, 1.82) is 0 Å². The highest BCUT2D eigenvalue weighted by atomic mass is 32.1. The zero-order chi connectivity index (χ0) is 18.4. The third kappa shape index (κ3) is 5.17. The number of esters is 1. The van der Waals surface area contributed by atoms with Crippen molar-refractivity contribution in [3.63, 3.8) is 0 Å². The van der Waals surface area contributed by atoms with Crippen LogP contribution in [0.4, 0.5) is 9.80 Å². The number of nitrogens with zero attached hydrogens (tertiary/aromatic N) is 1. The molecule has 1 aromatic heterocycles. The van der Waals surface area contributed by atoms with Crippen LogP contribution in [-0.2, 0) is 9.53 Å². The van der Waals surface area contributed by atoms with Gasteiger partial charge in [0.1, 0.15) is 5.00 Å². The molecule has 0 atom stereocenters. The number of likely N-dealkylation sites (N-methyl/N-ethyl adjacent to an activating group) is 1. The van der Waals surface area contributed by atoms with E-state index in [1.807, 2.05) is 11.8 Å². The monoisotopic (exact) mass is 369 g/mol. The van der Waals surface area contributed by atoms with Crippen LogP contribution in [0.5, 0.6) is 0 Å². The van der Waals surface area contributed by atoms with Crippen molar-refractivity contribution in [2.75, 3.05) is 25.0 Å².